The van der Waals surface area contributed by atoms with Gasteiger partial charge in [0.15, 0.2) is 0 Å². The monoisotopic (exact) mass is 216 g/mol. The Morgan fingerprint density at radius 3 is 2.40 bits per heavy atom. The zero-order valence-electron chi connectivity index (χ0n) is 9.66. The normalized spacial score (nSPS) is 10.1. The molecular formula is C10H20N2O3. The third-order valence-corrected chi connectivity index (χ3v) is 1.72. The third-order valence-electron chi connectivity index (χ3n) is 1.72. The summed E-state index contributed by atoms with van der Waals surface area (Å²) in [6.45, 7) is 5.97. The van der Waals surface area contributed by atoms with E-state index >= 15 is 0 Å². The number of rotatable bonds is 6. The zero-order valence-corrected chi connectivity index (χ0v) is 9.66. The highest BCUT2D eigenvalue weighted by atomic mass is 16.6. The van der Waals surface area contributed by atoms with Gasteiger partial charge in [-0.2, -0.15) is 0 Å². The predicted octanol–water partition coefficient (Wildman–Crippen LogP) is 1.12. The summed E-state index contributed by atoms with van der Waals surface area (Å²) in [7, 11) is 0. The first-order valence-electron chi connectivity index (χ1n) is 5.21. The Balaban J connectivity index is 4.20. The maximum atomic E-state index is 11.5. The molecule has 0 aliphatic rings. The fourth-order valence-corrected chi connectivity index (χ4v) is 1.05. The van der Waals surface area contributed by atoms with E-state index < -0.39 is 12.0 Å². The number of primary amides is 1. The van der Waals surface area contributed by atoms with E-state index in [1.54, 1.807) is 13.8 Å². The largest absolute Gasteiger partial charge is 0.447 e. The Kier molecular flexibility index (Phi) is 6.49. The molecule has 0 rings (SSSR count). The first-order chi connectivity index (χ1) is 6.97. The molecule has 88 valence electrons. The van der Waals surface area contributed by atoms with Crippen molar-refractivity contribution in [3.63, 3.8) is 0 Å². The van der Waals surface area contributed by atoms with Crippen molar-refractivity contribution in [3.05, 3.63) is 0 Å². The molecule has 0 spiro atoms. The number of hydrogen-bond acceptors (Lipinski definition) is 3. The van der Waals surface area contributed by atoms with E-state index in [2.05, 4.69) is 0 Å². The Morgan fingerprint density at radius 2 is 2.00 bits per heavy atom. The summed E-state index contributed by atoms with van der Waals surface area (Å²) < 4.78 is 4.99. The van der Waals surface area contributed by atoms with Crippen LogP contribution in [0, 0.1) is 0 Å². The summed E-state index contributed by atoms with van der Waals surface area (Å²) >= 11 is 0. The van der Waals surface area contributed by atoms with Crippen LogP contribution in [0.3, 0.4) is 0 Å². The molecule has 0 bridgehead atoms. The van der Waals surface area contributed by atoms with Gasteiger partial charge in [-0.25, -0.2) is 4.79 Å². The highest BCUT2D eigenvalue weighted by Gasteiger charge is 2.17. The minimum atomic E-state index is -0.521. The van der Waals surface area contributed by atoms with Crippen LogP contribution in [0.4, 0.5) is 4.79 Å². The maximum Gasteiger partial charge on any atom is 0.410 e. The minimum absolute atomic E-state index is 0.0778. The van der Waals surface area contributed by atoms with Crippen LogP contribution in [0.15, 0.2) is 0 Å². The summed E-state index contributed by atoms with van der Waals surface area (Å²) in [4.78, 5) is 23.6. The summed E-state index contributed by atoms with van der Waals surface area (Å²) in [6.07, 6.45) is 1.12. The molecule has 0 fully saturated rings. The molecule has 0 aromatic heterocycles. The molecule has 0 unspecified atom stereocenters. The van der Waals surface area contributed by atoms with Crippen molar-refractivity contribution < 1.29 is 14.3 Å². The second-order valence-corrected chi connectivity index (χ2v) is 3.67. The quantitative estimate of drug-likeness (QED) is 0.723. The van der Waals surface area contributed by atoms with Crippen molar-refractivity contribution in [2.45, 2.75) is 39.7 Å². The number of carbonyl (C=O) groups is 2. The lowest BCUT2D eigenvalue weighted by atomic mass is 10.3. The Hall–Kier alpha value is -1.26. The second kappa shape index (κ2) is 7.09. The number of carbonyl (C=O) groups excluding carboxylic acids is 2. The SMILES string of the molecule is CCCCN(CC(N)=O)C(=O)OC(C)C. The van der Waals surface area contributed by atoms with Gasteiger partial charge in [-0.3, -0.25) is 9.69 Å². The molecule has 0 heterocycles. The van der Waals surface area contributed by atoms with E-state index in [0.717, 1.165) is 12.8 Å². The van der Waals surface area contributed by atoms with E-state index in [4.69, 9.17) is 10.5 Å². The van der Waals surface area contributed by atoms with Gasteiger partial charge in [0.25, 0.3) is 0 Å². The van der Waals surface area contributed by atoms with Crippen LogP contribution in [0.5, 0.6) is 0 Å². The Bertz CT molecular complexity index is 217. The maximum absolute atomic E-state index is 11.5. The average Bonchev–Trinajstić information content (AvgIpc) is 2.10. The lowest BCUT2D eigenvalue weighted by molar-refractivity contribution is -0.119. The van der Waals surface area contributed by atoms with E-state index in [1.165, 1.54) is 4.90 Å². The number of unbranched alkanes of at least 4 members (excludes halogenated alkanes) is 1. The van der Waals surface area contributed by atoms with Gasteiger partial charge in [0.2, 0.25) is 5.91 Å². The molecular weight excluding hydrogens is 196 g/mol. The molecule has 0 atom stereocenters. The molecule has 2 amide bonds. The summed E-state index contributed by atoms with van der Waals surface area (Å²) in [6, 6.07) is 0. The van der Waals surface area contributed by atoms with Gasteiger partial charge >= 0.3 is 6.09 Å². The molecule has 0 aliphatic carbocycles. The molecule has 2 N–H and O–H groups in total. The first kappa shape index (κ1) is 13.7. The fourth-order valence-electron chi connectivity index (χ4n) is 1.05. The van der Waals surface area contributed by atoms with Crippen LogP contribution in [0.2, 0.25) is 0 Å². The van der Waals surface area contributed by atoms with E-state index in [0.29, 0.717) is 6.54 Å². The van der Waals surface area contributed by atoms with Gasteiger partial charge in [0.1, 0.15) is 6.54 Å². The van der Waals surface area contributed by atoms with Crippen LogP contribution in [-0.2, 0) is 9.53 Å². The Labute approximate surface area is 90.6 Å². The second-order valence-electron chi connectivity index (χ2n) is 3.67. The van der Waals surface area contributed by atoms with Gasteiger partial charge in [0, 0.05) is 6.54 Å². The summed E-state index contributed by atoms with van der Waals surface area (Å²) in [5, 5.41) is 0. The molecule has 0 saturated carbocycles. The van der Waals surface area contributed by atoms with Gasteiger partial charge in [-0.05, 0) is 20.3 Å². The van der Waals surface area contributed by atoms with Crippen LogP contribution in [0.1, 0.15) is 33.6 Å². The van der Waals surface area contributed by atoms with Crippen molar-refractivity contribution in [2.75, 3.05) is 13.1 Å². The molecule has 0 radical (unpaired) electrons. The van der Waals surface area contributed by atoms with Gasteiger partial charge < -0.3 is 10.5 Å². The molecule has 0 saturated heterocycles. The standard InChI is InChI=1S/C10H20N2O3/c1-4-5-6-12(7-9(11)13)10(14)15-8(2)3/h8H,4-7H2,1-3H3,(H2,11,13). The summed E-state index contributed by atoms with van der Waals surface area (Å²) in [5.74, 6) is -0.521. The van der Waals surface area contributed by atoms with Crippen LogP contribution >= 0.6 is 0 Å². The van der Waals surface area contributed by atoms with Gasteiger partial charge in [-0.1, -0.05) is 13.3 Å². The van der Waals surface area contributed by atoms with E-state index in [1.807, 2.05) is 6.92 Å². The molecule has 0 aliphatic heterocycles. The first-order valence-corrected chi connectivity index (χ1v) is 5.21. The van der Waals surface area contributed by atoms with E-state index in [9.17, 15) is 9.59 Å². The van der Waals surface area contributed by atoms with E-state index in [-0.39, 0.29) is 12.6 Å². The minimum Gasteiger partial charge on any atom is -0.447 e. The smallest absolute Gasteiger partial charge is 0.410 e. The lowest BCUT2D eigenvalue weighted by Gasteiger charge is -2.21. The average molecular weight is 216 g/mol. The number of nitrogens with zero attached hydrogens (tertiary/aromatic N) is 1. The molecule has 0 aromatic rings. The van der Waals surface area contributed by atoms with Gasteiger partial charge in [0.05, 0.1) is 6.10 Å². The summed E-state index contributed by atoms with van der Waals surface area (Å²) in [5.41, 5.74) is 5.05. The van der Waals surface area contributed by atoms with Gasteiger partial charge in [-0.15, -0.1) is 0 Å². The Morgan fingerprint density at radius 1 is 1.40 bits per heavy atom. The van der Waals surface area contributed by atoms with Crippen LogP contribution < -0.4 is 5.73 Å². The van der Waals surface area contributed by atoms with Crippen molar-refractivity contribution in [3.8, 4) is 0 Å². The zero-order chi connectivity index (χ0) is 11.8. The third kappa shape index (κ3) is 6.76. The number of amides is 2. The van der Waals surface area contributed by atoms with Crippen molar-refractivity contribution in [2.24, 2.45) is 5.73 Å². The predicted molar refractivity (Wildman–Crippen MR) is 57.3 cm³/mol. The number of hydrogen-bond donors (Lipinski definition) is 1. The molecule has 0 aromatic carbocycles. The fraction of sp³-hybridized carbons (Fsp3) is 0.800. The van der Waals surface area contributed by atoms with Crippen molar-refractivity contribution >= 4 is 12.0 Å². The van der Waals surface area contributed by atoms with Crippen molar-refractivity contribution in [1.82, 2.24) is 4.90 Å². The highest BCUT2D eigenvalue weighted by Crippen LogP contribution is 2.01. The molecule has 5 nitrogen and oxygen atoms in total. The topological polar surface area (TPSA) is 72.6 Å². The molecule has 15 heavy (non-hydrogen) atoms. The van der Waals surface area contributed by atoms with Crippen molar-refractivity contribution in [1.29, 1.82) is 0 Å². The highest BCUT2D eigenvalue weighted by molar-refractivity contribution is 5.80. The lowest BCUT2D eigenvalue weighted by Crippen LogP contribution is -2.40. The number of ether oxygens (including phenoxy) is 1. The number of nitrogens with two attached hydrogens (primary N) is 1. The van der Waals surface area contributed by atoms with Crippen LogP contribution in [0.25, 0.3) is 0 Å². The van der Waals surface area contributed by atoms with Crippen LogP contribution in [-0.4, -0.2) is 36.1 Å². The molecule has 5 heteroatoms.